The minimum absolute atomic E-state index is 0.0682. The minimum atomic E-state index is -0.875. The van der Waals surface area contributed by atoms with E-state index in [1.165, 1.54) is 0 Å². The molecule has 5 heteroatoms. The van der Waals surface area contributed by atoms with Crippen molar-refractivity contribution >= 4 is 11.9 Å². The lowest BCUT2D eigenvalue weighted by molar-refractivity contribution is -0.147. The second kappa shape index (κ2) is 6.59. The van der Waals surface area contributed by atoms with Gasteiger partial charge in [-0.2, -0.15) is 0 Å². The van der Waals surface area contributed by atoms with Gasteiger partial charge in [0.15, 0.2) is 0 Å². The molecule has 1 aliphatic rings. The van der Waals surface area contributed by atoms with Gasteiger partial charge < -0.3 is 14.7 Å². The molecule has 1 atom stereocenters. The van der Waals surface area contributed by atoms with Crippen LogP contribution >= 0.6 is 0 Å². The summed E-state index contributed by atoms with van der Waals surface area (Å²) in [7, 11) is 0. The minimum Gasteiger partial charge on any atom is -0.481 e. The van der Waals surface area contributed by atoms with E-state index in [1.807, 2.05) is 13.8 Å². The highest BCUT2D eigenvalue weighted by molar-refractivity contribution is 5.82. The summed E-state index contributed by atoms with van der Waals surface area (Å²) in [5.41, 5.74) is 0. The molecule has 0 saturated carbocycles. The summed E-state index contributed by atoms with van der Waals surface area (Å²) in [5.74, 6) is -1.22. The Bertz CT molecular complexity index is 272. The number of carbonyl (C=O) groups is 2. The van der Waals surface area contributed by atoms with Crippen molar-refractivity contribution in [3.63, 3.8) is 0 Å². The number of carboxylic acid groups (broad SMARTS) is 1. The van der Waals surface area contributed by atoms with Crippen LogP contribution in [0.15, 0.2) is 0 Å². The molecule has 1 aliphatic heterocycles. The summed E-state index contributed by atoms with van der Waals surface area (Å²) in [6.45, 7) is 6.19. The number of aliphatic carboxylic acids is 1. The molecule has 0 aromatic rings. The topological polar surface area (TPSA) is 66.8 Å². The molecule has 1 fully saturated rings. The normalized spacial score (nSPS) is 18.2. The highest BCUT2D eigenvalue weighted by Crippen LogP contribution is 2.17. The molecule has 1 saturated heterocycles. The third kappa shape index (κ3) is 4.73. The van der Waals surface area contributed by atoms with E-state index >= 15 is 0 Å². The molecule has 1 rings (SSSR count). The van der Waals surface area contributed by atoms with Gasteiger partial charge in [0, 0.05) is 19.5 Å². The van der Waals surface area contributed by atoms with Gasteiger partial charge in [-0.05, 0) is 12.3 Å². The maximum absolute atomic E-state index is 11.9. The van der Waals surface area contributed by atoms with E-state index in [4.69, 9.17) is 9.84 Å². The average Bonchev–Trinajstić information content (AvgIpc) is 2.28. The summed E-state index contributed by atoms with van der Waals surface area (Å²) in [6, 6.07) is 0. The molecule has 5 nitrogen and oxygen atoms in total. The molecule has 1 amide bonds. The zero-order chi connectivity index (χ0) is 12.8. The van der Waals surface area contributed by atoms with Crippen molar-refractivity contribution in [3.05, 3.63) is 0 Å². The van der Waals surface area contributed by atoms with Gasteiger partial charge in [-0.15, -0.1) is 0 Å². The molecule has 0 bridgehead atoms. The molecule has 0 radical (unpaired) electrons. The van der Waals surface area contributed by atoms with E-state index in [0.717, 1.165) is 0 Å². The van der Waals surface area contributed by atoms with E-state index in [9.17, 15) is 9.59 Å². The van der Waals surface area contributed by atoms with E-state index in [2.05, 4.69) is 0 Å². The maximum atomic E-state index is 11.9. The Hall–Kier alpha value is -1.10. The molecule has 0 aromatic heterocycles. The first-order chi connectivity index (χ1) is 8.00. The summed E-state index contributed by atoms with van der Waals surface area (Å²) >= 11 is 0. The van der Waals surface area contributed by atoms with Crippen LogP contribution in [-0.2, 0) is 14.3 Å². The van der Waals surface area contributed by atoms with Gasteiger partial charge in [0.25, 0.3) is 0 Å². The van der Waals surface area contributed by atoms with Crippen molar-refractivity contribution in [1.29, 1.82) is 0 Å². The zero-order valence-electron chi connectivity index (χ0n) is 10.5. The number of hydrogen-bond acceptors (Lipinski definition) is 3. The first-order valence-corrected chi connectivity index (χ1v) is 6.09. The predicted octanol–water partition coefficient (Wildman–Crippen LogP) is 0.982. The molecular formula is C12H21NO4. The predicted molar refractivity (Wildman–Crippen MR) is 62.6 cm³/mol. The van der Waals surface area contributed by atoms with Crippen LogP contribution in [0, 0.1) is 11.8 Å². The Morgan fingerprint density at radius 1 is 1.29 bits per heavy atom. The zero-order valence-corrected chi connectivity index (χ0v) is 10.5. The Morgan fingerprint density at radius 3 is 2.35 bits per heavy atom. The first-order valence-electron chi connectivity index (χ1n) is 6.09. The lowest BCUT2D eigenvalue weighted by Crippen LogP contribution is -2.42. The smallest absolute Gasteiger partial charge is 0.307 e. The molecule has 1 N–H and O–H groups in total. The van der Waals surface area contributed by atoms with Gasteiger partial charge in [-0.1, -0.05) is 13.8 Å². The third-order valence-corrected chi connectivity index (χ3v) is 2.89. The quantitative estimate of drug-likeness (QED) is 0.781. The summed E-state index contributed by atoms with van der Waals surface area (Å²) in [5, 5.41) is 9.07. The Balaban J connectivity index is 2.47. The molecule has 1 unspecified atom stereocenters. The molecular weight excluding hydrogens is 222 g/mol. The molecule has 1 heterocycles. The maximum Gasteiger partial charge on any atom is 0.307 e. The molecule has 0 spiro atoms. The van der Waals surface area contributed by atoms with Gasteiger partial charge in [-0.3, -0.25) is 9.59 Å². The number of morpholine rings is 1. The van der Waals surface area contributed by atoms with E-state index in [-0.39, 0.29) is 18.2 Å². The lowest BCUT2D eigenvalue weighted by Gasteiger charge is -2.28. The van der Waals surface area contributed by atoms with Crippen molar-refractivity contribution < 1.29 is 19.4 Å². The number of carbonyl (C=O) groups excluding carboxylic acids is 1. The number of carboxylic acids is 1. The fourth-order valence-corrected chi connectivity index (χ4v) is 1.99. The van der Waals surface area contributed by atoms with Gasteiger partial charge in [-0.25, -0.2) is 0 Å². The van der Waals surface area contributed by atoms with Gasteiger partial charge >= 0.3 is 5.97 Å². The van der Waals surface area contributed by atoms with E-state index < -0.39 is 11.9 Å². The number of ether oxygens (including phenoxy) is 1. The number of nitrogens with zero attached hydrogens (tertiary/aromatic N) is 1. The van der Waals surface area contributed by atoms with Crippen molar-refractivity contribution in [1.82, 2.24) is 4.90 Å². The summed E-state index contributed by atoms with van der Waals surface area (Å²) in [6.07, 6.45) is 0.652. The lowest BCUT2D eigenvalue weighted by atomic mass is 9.94. The molecule has 0 aromatic carbocycles. The second-order valence-electron chi connectivity index (χ2n) is 4.86. The third-order valence-electron chi connectivity index (χ3n) is 2.89. The largest absolute Gasteiger partial charge is 0.481 e. The van der Waals surface area contributed by atoms with Crippen molar-refractivity contribution in [2.75, 3.05) is 26.3 Å². The number of amides is 1. The first kappa shape index (κ1) is 14.0. The number of hydrogen-bond donors (Lipinski definition) is 1. The monoisotopic (exact) mass is 243 g/mol. The van der Waals surface area contributed by atoms with Crippen LogP contribution in [0.4, 0.5) is 0 Å². The second-order valence-corrected chi connectivity index (χ2v) is 4.86. The SMILES string of the molecule is CC(C)CC(CC(=O)N1CCOCC1)C(=O)O. The van der Waals surface area contributed by atoms with E-state index in [0.29, 0.717) is 32.7 Å². The molecule has 0 aliphatic carbocycles. The van der Waals surface area contributed by atoms with Crippen LogP contribution in [-0.4, -0.2) is 48.2 Å². The van der Waals surface area contributed by atoms with Crippen molar-refractivity contribution in [3.8, 4) is 0 Å². The highest BCUT2D eigenvalue weighted by Gasteiger charge is 2.25. The summed E-state index contributed by atoms with van der Waals surface area (Å²) < 4.78 is 5.16. The highest BCUT2D eigenvalue weighted by atomic mass is 16.5. The Labute approximate surface area is 102 Å². The number of rotatable bonds is 5. The van der Waals surface area contributed by atoms with Gasteiger partial charge in [0.2, 0.25) is 5.91 Å². The van der Waals surface area contributed by atoms with E-state index in [1.54, 1.807) is 4.90 Å². The molecule has 17 heavy (non-hydrogen) atoms. The Morgan fingerprint density at radius 2 is 1.88 bits per heavy atom. The van der Waals surface area contributed by atoms with Gasteiger partial charge in [0.05, 0.1) is 19.1 Å². The standard InChI is InChI=1S/C12H21NO4/c1-9(2)7-10(12(15)16)8-11(14)13-3-5-17-6-4-13/h9-10H,3-8H2,1-2H3,(H,15,16). The van der Waals surface area contributed by atoms with Crippen LogP contribution < -0.4 is 0 Å². The van der Waals surface area contributed by atoms with Crippen LogP contribution in [0.2, 0.25) is 0 Å². The van der Waals surface area contributed by atoms with Crippen LogP contribution in [0.25, 0.3) is 0 Å². The van der Waals surface area contributed by atoms with Crippen LogP contribution in [0.5, 0.6) is 0 Å². The molecule has 98 valence electrons. The fourth-order valence-electron chi connectivity index (χ4n) is 1.99. The van der Waals surface area contributed by atoms with Crippen molar-refractivity contribution in [2.24, 2.45) is 11.8 Å². The Kier molecular flexibility index (Phi) is 5.41. The van der Waals surface area contributed by atoms with Crippen LogP contribution in [0.3, 0.4) is 0 Å². The summed E-state index contributed by atoms with van der Waals surface area (Å²) in [4.78, 5) is 24.7. The van der Waals surface area contributed by atoms with Gasteiger partial charge in [0.1, 0.15) is 0 Å². The van der Waals surface area contributed by atoms with Crippen molar-refractivity contribution in [2.45, 2.75) is 26.7 Å². The average molecular weight is 243 g/mol. The van der Waals surface area contributed by atoms with Crippen LogP contribution in [0.1, 0.15) is 26.7 Å². The fraction of sp³-hybridized carbons (Fsp3) is 0.833.